The average molecular weight is 160 g/mol. The van der Waals surface area contributed by atoms with Gasteiger partial charge in [-0.1, -0.05) is 22.0 Å². The van der Waals surface area contributed by atoms with E-state index < -0.39 is 0 Å². The summed E-state index contributed by atoms with van der Waals surface area (Å²) in [6, 6.07) is 2.01. The van der Waals surface area contributed by atoms with Crippen molar-refractivity contribution in [2.45, 2.75) is 11.2 Å². The molecule has 0 N–H and O–H groups in total. The topological polar surface area (TPSA) is 23.8 Å². The van der Waals surface area contributed by atoms with Gasteiger partial charge in [-0.2, -0.15) is 5.26 Å². The molecule has 0 aliphatic carbocycles. The lowest BCUT2D eigenvalue weighted by molar-refractivity contribution is 1.10. The molecule has 0 saturated carbocycles. The summed E-state index contributed by atoms with van der Waals surface area (Å²) in [6.07, 6.45) is 2.43. The second kappa shape index (κ2) is 3.89. The predicted molar refractivity (Wildman–Crippen MR) is 33.1 cm³/mol. The molecule has 0 spiro atoms. The van der Waals surface area contributed by atoms with Gasteiger partial charge in [0.1, 0.15) is 4.83 Å². The van der Waals surface area contributed by atoms with E-state index in [4.69, 9.17) is 5.26 Å². The molecule has 38 valence electrons. The van der Waals surface area contributed by atoms with Gasteiger partial charge in [0, 0.05) is 0 Å². The fourth-order valence-corrected chi connectivity index (χ4v) is 0.463. The van der Waals surface area contributed by atoms with Crippen molar-refractivity contribution in [1.82, 2.24) is 0 Å². The van der Waals surface area contributed by atoms with Gasteiger partial charge >= 0.3 is 0 Å². The lowest BCUT2D eigenvalue weighted by Crippen LogP contribution is -1.86. The summed E-state index contributed by atoms with van der Waals surface area (Å²) in [5.74, 6) is 0. The van der Waals surface area contributed by atoms with Crippen molar-refractivity contribution in [2.75, 3.05) is 0 Å². The largest absolute Gasteiger partial charge is 0.197 e. The average Bonchev–Trinajstić information content (AvgIpc) is 1.68. The summed E-state index contributed by atoms with van der Waals surface area (Å²) in [5.41, 5.74) is 0. The first-order valence-electron chi connectivity index (χ1n) is 1.96. The molecule has 1 atom stereocenters. The van der Waals surface area contributed by atoms with Crippen molar-refractivity contribution in [3.8, 4) is 6.07 Å². The van der Waals surface area contributed by atoms with Crippen LogP contribution in [-0.4, -0.2) is 4.83 Å². The van der Waals surface area contributed by atoms with Gasteiger partial charge in [0.2, 0.25) is 0 Å². The number of nitriles is 1. The van der Waals surface area contributed by atoms with Crippen molar-refractivity contribution in [3.63, 3.8) is 0 Å². The van der Waals surface area contributed by atoms with Crippen LogP contribution in [0, 0.1) is 11.3 Å². The molecular weight excluding hydrogens is 154 g/mol. The number of rotatable bonds is 2. The van der Waals surface area contributed by atoms with E-state index in [9.17, 15) is 0 Å². The van der Waals surface area contributed by atoms with Crippen LogP contribution in [0.3, 0.4) is 0 Å². The van der Waals surface area contributed by atoms with Gasteiger partial charge in [-0.05, 0) is 6.42 Å². The van der Waals surface area contributed by atoms with Crippen molar-refractivity contribution >= 4 is 15.9 Å². The zero-order chi connectivity index (χ0) is 5.70. The van der Waals surface area contributed by atoms with Crippen LogP contribution in [0.25, 0.3) is 0 Å². The Morgan fingerprint density at radius 1 is 2.00 bits per heavy atom. The van der Waals surface area contributed by atoms with Crippen LogP contribution in [0.15, 0.2) is 12.7 Å². The minimum absolute atomic E-state index is 0.0509. The predicted octanol–water partition coefficient (Wildman–Crippen LogP) is 1.85. The number of hydrogen-bond acceptors (Lipinski definition) is 1. The number of nitrogens with zero attached hydrogens (tertiary/aromatic N) is 1. The molecule has 7 heavy (non-hydrogen) atoms. The maximum atomic E-state index is 8.12. The Kier molecular flexibility index (Phi) is 3.72. The minimum Gasteiger partial charge on any atom is -0.197 e. The normalized spacial score (nSPS) is 12.0. The van der Waals surface area contributed by atoms with Crippen LogP contribution in [-0.2, 0) is 0 Å². The van der Waals surface area contributed by atoms with Crippen LogP contribution in [0.5, 0.6) is 0 Å². The van der Waals surface area contributed by atoms with E-state index in [-0.39, 0.29) is 4.83 Å². The minimum atomic E-state index is -0.0509. The number of allylic oxidation sites excluding steroid dienone is 1. The van der Waals surface area contributed by atoms with Crippen LogP contribution in [0.2, 0.25) is 0 Å². The molecule has 1 unspecified atom stereocenters. The van der Waals surface area contributed by atoms with Crippen molar-refractivity contribution in [2.24, 2.45) is 0 Å². The summed E-state index contributed by atoms with van der Waals surface area (Å²) in [6.45, 7) is 3.47. The zero-order valence-electron chi connectivity index (χ0n) is 3.89. The molecule has 2 heteroatoms. The highest BCUT2D eigenvalue weighted by molar-refractivity contribution is 9.09. The highest BCUT2D eigenvalue weighted by Gasteiger charge is 1.93. The molecule has 0 aromatic rings. The van der Waals surface area contributed by atoms with Gasteiger partial charge in [-0.25, -0.2) is 0 Å². The molecule has 0 amide bonds. The fraction of sp³-hybridized carbons (Fsp3) is 0.400. The zero-order valence-corrected chi connectivity index (χ0v) is 5.48. The molecule has 0 aromatic carbocycles. The van der Waals surface area contributed by atoms with E-state index in [0.717, 1.165) is 6.42 Å². The monoisotopic (exact) mass is 159 g/mol. The second-order valence-electron chi connectivity index (χ2n) is 1.12. The molecule has 0 radical (unpaired) electrons. The molecule has 0 rings (SSSR count). The first-order chi connectivity index (χ1) is 3.31. The van der Waals surface area contributed by atoms with Crippen LogP contribution < -0.4 is 0 Å². The molecule has 0 saturated heterocycles. The van der Waals surface area contributed by atoms with Gasteiger partial charge < -0.3 is 0 Å². The SMILES string of the molecule is C=CCC(Br)C#N. The summed E-state index contributed by atoms with van der Waals surface area (Å²) in [4.78, 5) is -0.0509. The van der Waals surface area contributed by atoms with Gasteiger partial charge in [-0.3, -0.25) is 0 Å². The van der Waals surface area contributed by atoms with E-state index in [1.165, 1.54) is 0 Å². The fourth-order valence-electron chi connectivity index (χ4n) is 0.199. The lowest BCUT2D eigenvalue weighted by Gasteiger charge is -1.87. The van der Waals surface area contributed by atoms with Crippen LogP contribution >= 0.6 is 15.9 Å². The summed E-state index contributed by atoms with van der Waals surface area (Å²) in [5, 5.41) is 8.12. The highest BCUT2D eigenvalue weighted by Crippen LogP contribution is 2.01. The van der Waals surface area contributed by atoms with Gasteiger partial charge in [0.15, 0.2) is 0 Å². The Morgan fingerprint density at radius 2 is 2.57 bits per heavy atom. The van der Waals surface area contributed by atoms with Crippen molar-refractivity contribution < 1.29 is 0 Å². The van der Waals surface area contributed by atoms with E-state index >= 15 is 0 Å². The quantitative estimate of drug-likeness (QED) is 0.446. The molecule has 0 aliphatic rings. The summed E-state index contributed by atoms with van der Waals surface area (Å²) >= 11 is 3.10. The van der Waals surface area contributed by atoms with E-state index in [0.29, 0.717) is 0 Å². The number of halogens is 1. The summed E-state index contributed by atoms with van der Waals surface area (Å²) < 4.78 is 0. The maximum Gasteiger partial charge on any atom is 0.105 e. The first kappa shape index (κ1) is 6.71. The maximum absolute atomic E-state index is 8.12. The van der Waals surface area contributed by atoms with Crippen molar-refractivity contribution in [3.05, 3.63) is 12.7 Å². The Bertz CT molecular complexity index is 92.7. The third-order valence-electron chi connectivity index (χ3n) is 0.514. The number of hydrogen-bond donors (Lipinski definition) is 0. The Hall–Kier alpha value is -0.290. The smallest absolute Gasteiger partial charge is 0.105 e. The number of alkyl halides is 1. The molecule has 0 fully saturated rings. The molecule has 0 bridgehead atoms. The lowest BCUT2D eigenvalue weighted by atomic mass is 10.3. The third kappa shape index (κ3) is 3.54. The van der Waals surface area contributed by atoms with Crippen molar-refractivity contribution in [1.29, 1.82) is 5.26 Å². The van der Waals surface area contributed by atoms with E-state index in [1.54, 1.807) is 6.08 Å². The Balaban J connectivity index is 3.21. The van der Waals surface area contributed by atoms with E-state index in [1.807, 2.05) is 6.07 Å². The van der Waals surface area contributed by atoms with Gasteiger partial charge in [-0.15, -0.1) is 6.58 Å². The van der Waals surface area contributed by atoms with Crippen LogP contribution in [0.1, 0.15) is 6.42 Å². The third-order valence-corrected chi connectivity index (χ3v) is 1.09. The standard InChI is InChI=1S/C5H6BrN/c1-2-3-5(6)4-7/h2,5H,1,3H2. The Labute approximate surface area is 51.8 Å². The second-order valence-corrected chi connectivity index (χ2v) is 2.23. The van der Waals surface area contributed by atoms with Gasteiger partial charge in [0.05, 0.1) is 6.07 Å². The van der Waals surface area contributed by atoms with E-state index in [2.05, 4.69) is 22.5 Å². The first-order valence-corrected chi connectivity index (χ1v) is 2.87. The van der Waals surface area contributed by atoms with Gasteiger partial charge in [0.25, 0.3) is 0 Å². The molecule has 0 aromatic heterocycles. The molecule has 0 aliphatic heterocycles. The molecule has 0 heterocycles. The molecular formula is C5H6BrN. The highest BCUT2D eigenvalue weighted by atomic mass is 79.9. The molecule has 1 nitrogen and oxygen atoms in total. The summed E-state index contributed by atoms with van der Waals surface area (Å²) in [7, 11) is 0. The van der Waals surface area contributed by atoms with Crippen LogP contribution in [0.4, 0.5) is 0 Å². The Morgan fingerprint density at radius 3 is 2.71 bits per heavy atom.